The first-order chi connectivity index (χ1) is 44.3. The number of aliphatic hydroxyl groups is 6. The predicted octanol–water partition coefficient (Wildman–Crippen LogP) is 7.54. The van der Waals surface area contributed by atoms with Gasteiger partial charge in [-0.05, 0) is 64.2 Å². The highest BCUT2D eigenvalue weighted by atomic mass is 19.3. The van der Waals surface area contributed by atoms with Crippen molar-refractivity contribution in [1.82, 2.24) is 102 Å². The van der Waals surface area contributed by atoms with Crippen molar-refractivity contribution in [1.29, 1.82) is 0 Å². The molecule has 27 nitrogen and oxygen atoms in total. The summed E-state index contributed by atoms with van der Waals surface area (Å²) in [6.45, 7) is 13.2. The summed E-state index contributed by atoms with van der Waals surface area (Å²) < 4.78 is 43.0. The molecule has 0 aromatic carbocycles. The number of halogens is 2. The Hall–Kier alpha value is -9.26. The molecule has 0 amide bonds. The average Bonchev–Trinajstić information content (AvgIpc) is 1.61. The van der Waals surface area contributed by atoms with Gasteiger partial charge >= 0.3 is 0 Å². The molecule has 0 bridgehead atoms. The highest BCUT2D eigenvalue weighted by molar-refractivity contribution is 5.80. The summed E-state index contributed by atoms with van der Waals surface area (Å²) in [6, 6.07) is 6.06. The lowest BCUT2D eigenvalue weighted by Crippen LogP contribution is -2.34. The van der Waals surface area contributed by atoms with Crippen LogP contribution in [0.1, 0.15) is 105 Å². The number of fused-ring (bicyclic) bond motifs is 3. The first-order valence-corrected chi connectivity index (χ1v) is 30.9. The molecule has 0 spiro atoms. The molecule has 12 aromatic heterocycles. The van der Waals surface area contributed by atoms with Crippen LogP contribution < -0.4 is 0 Å². The first kappa shape index (κ1) is 64.3. The van der Waals surface area contributed by atoms with Gasteiger partial charge in [0.25, 0.3) is 5.92 Å². The van der Waals surface area contributed by atoms with Crippen LogP contribution in [0.2, 0.25) is 0 Å². The van der Waals surface area contributed by atoms with Crippen LogP contribution in [0.4, 0.5) is 8.78 Å². The summed E-state index contributed by atoms with van der Waals surface area (Å²) in [5.74, 6) is -3.30. The van der Waals surface area contributed by atoms with Gasteiger partial charge in [-0.25, -0.2) is 37.3 Å². The summed E-state index contributed by atoms with van der Waals surface area (Å²) in [6.07, 6.45) is 35.8. The SMILES string of the molecule is CCC(CC)n1cc(-c2nc(-c3cnn(C[C@@](C)(O)CO)c3)cn3nccc23)cn1.CCC(CC)n1cc(-c2nc(-c3cnn(C[C@](C)(O)CO)c3)cn3nccc23)cn1.CCC([C@@H]1CC1(F)F)n1cc(-c2nc(-c3cnn(C[C@@H](O)CO)c3)cn3nccc23)cn1. The van der Waals surface area contributed by atoms with Gasteiger partial charge < -0.3 is 30.6 Å². The minimum Gasteiger partial charge on any atom is -0.394 e. The number of hydrogen-bond acceptors (Lipinski definition) is 18. The largest absolute Gasteiger partial charge is 0.394 e. The number of aliphatic hydroxyl groups excluding tert-OH is 4. The van der Waals surface area contributed by atoms with E-state index in [-0.39, 0.29) is 51.9 Å². The zero-order valence-electron chi connectivity index (χ0n) is 52.3. The summed E-state index contributed by atoms with van der Waals surface area (Å²) in [7, 11) is 0. The minimum absolute atomic E-state index is 0.101. The van der Waals surface area contributed by atoms with Crippen LogP contribution in [0.5, 0.6) is 0 Å². The van der Waals surface area contributed by atoms with E-state index in [4.69, 9.17) is 20.1 Å². The van der Waals surface area contributed by atoms with E-state index < -0.39 is 29.1 Å². The van der Waals surface area contributed by atoms with Crippen molar-refractivity contribution in [2.45, 2.75) is 148 Å². The Morgan fingerprint density at radius 2 is 0.826 bits per heavy atom. The number of nitrogens with zero attached hydrogens (tertiary/aromatic N) is 21. The third kappa shape index (κ3) is 14.0. The average molecular weight is 1260 g/mol. The van der Waals surface area contributed by atoms with Crippen LogP contribution in [0.3, 0.4) is 0 Å². The fourth-order valence-corrected chi connectivity index (χ4v) is 11.3. The quantitative estimate of drug-likeness (QED) is 0.0340. The molecule has 484 valence electrons. The summed E-state index contributed by atoms with van der Waals surface area (Å²) in [4.78, 5) is 14.6. The van der Waals surface area contributed by atoms with E-state index >= 15 is 0 Å². The lowest BCUT2D eigenvalue weighted by atomic mass is 10.1. The summed E-state index contributed by atoms with van der Waals surface area (Å²) in [5, 5.41) is 96.9. The van der Waals surface area contributed by atoms with Crippen LogP contribution in [0.15, 0.2) is 130 Å². The molecule has 0 radical (unpaired) electrons. The van der Waals surface area contributed by atoms with Gasteiger partial charge in [0, 0.05) is 77.0 Å². The van der Waals surface area contributed by atoms with E-state index in [9.17, 15) is 34.3 Å². The third-order valence-corrected chi connectivity index (χ3v) is 16.6. The Morgan fingerprint density at radius 1 is 0.478 bits per heavy atom. The van der Waals surface area contributed by atoms with Crippen LogP contribution >= 0.6 is 0 Å². The molecule has 92 heavy (non-hydrogen) atoms. The molecular weight excluding hydrogens is 1180 g/mol. The van der Waals surface area contributed by atoms with E-state index in [1.54, 1.807) is 116 Å². The van der Waals surface area contributed by atoms with Crippen molar-refractivity contribution in [3.63, 3.8) is 0 Å². The Bertz CT molecular complexity index is 4220. The summed E-state index contributed by atoms with van der Waals surface area (Å²) in [5.41, 5.74) is 9.26. The zero-order chi connectivity index (χ0) is 65.1. The second-order valence-corrected chi connectivity index (χ2v) is 24.0. The highest BCUT2D eigenvalue weighted by Gasteiger charge is 2.60. The molecule has 12 aromatic rings. The van der Waals surface area contributed by atoms with Gasteiger partial charge in [0.05, 0.1) is 195 Å². The van der Waals surface area contributed by atoms with Crippen molar-refractivity contribution in [2.75, 3.05) is 19.8 Å². The van der Waals surface area contributed by atoms with Crippen LogP contribution in [0.25, 0.3) is 84.1 Å². The molecule has 1 fully saturated rings. The molecule has 1 aliphatic carbocycles. The molecule has 13 rings (SSSR count). The molecule has 1 aliphatic rings. The lowest BCUT2D eigenvalue weighted by molar-refractivity contribution is -0.0147. The van der Waals surface area contributed by atoms with Crippen molar-refractivity contribution in [3.8, 4) is 67.5 Å². The number of aromatic nitrogens is 21. The lowest BCUT2D eigenvalue weighted by Gasteiger charge is -2.19. The maximum Gasteiger partial charge on any atom is 0.253 e. The van der Waals surface area contributed by atoms with Gasteiger partial charge in [0.2, 0.25) is 0 Å². The molecule has 0 aliphatic heterocycles. The van der Waals surface area contributed by atoms with E-state index in [0.29, 0.717) is 52.4 Å². The maximum absolute atomic E-state index is 13.7. The smallest absolute Gasteiger partial charge is 0.253 e. The second-order valence-electron chi connectivity index (χ2n) is 24.0. The van der Waals surface area contributed by atoms with Gasteiger partial charge in [0.1, 0.15) is 11.2 Å². The van der Waals surface area contributed by atoms with Crippen LogP contribution in [-0.2, 0) is 19.6 Å². The van der Waals surface area contributed by atoms with Gasteiger partial charge in [-0.2, -0.15) is 45.9 Å². The summed E-state index contributed by atoms with van der Waals surface area (Å²) >= 11 is 0. The zero-order valence-corrected chi connectivity index (χ0v) is 52.3. The first-order valence-electron chi connectivity index (χ1n) is 30.9. The number of rotatable bonds is 24. The fraction of sp³-hybridized carbons (Fsp3) is 0.429. The normalized spacial score (nSPS) is 15.8. The Labute approximate surface area is 527 Å². The van der Waals surface area contributed by atoms with E-state index in [0.717, 1.165) is 75.9 Å². The molecular formula is C63H77F2N21O6. The highest BCUT2D eigenvalue weighted by Crippen LogP contribution is 2.55. The van der Waals surface area contributed by atoms with Gasteiger partial charge in [-0.3, -0.25) is 28.1 Å². The Morgan fingerprint density at radius 3 is 1.17 bits per heavy atom. The van der Waals surface area contributed by atoms with Crippen molar-refractivity contribution in [2.24, 2.45) is 5.92 Å². The fourth-order valence-electron chi connectivity index (χ4n) is 11.3. The molecule has 5 atom stereocenters. The van der Waals surface area contributed by atoms with Gasteiger partial charge in [0.15, 0.2) is 0 Å². The van der Waals surface area contributed by atoms with Gasteiger partial charge in [-0.15, -0.1) is 0 Å². The molecule has 29 heteroatoms. The molecule has 1 unspecified atom stereocenters. The van der Waals surface area contributed by atoms with E-state index in [1.165, 1.54) is 4.68 Å². The second kappa shape index (κ2) is 26.9. The molecule has 12 heterocycles. The Kier molecular flexibility index (Phi) is 18.8. The maximum atomic E-state index is 13.7. The molecule has 0 saturated heterocycles. The van der Waals surface area contributed by atoms with Gasteiger partial charge in [-0.1, -0.05) is 34.6 Å². The predicted molar refractivity (Wildman–Crippen MR) is 336 cm³/mol. The number of alkyl halides is 2. The molecule has 6 N–H and O–H groups in total. The van der Waals surface area contributed by atoms with Crippen LogP contribution in [0, 0.1) is 5.92 Å². The Balaban J connectivity index is 0.000000141. The van der Waals surface area contributed by atoms with Crippen molar-refractivity contribution in [3.05, 3.63) is 130 Å². The van der Waals surface area contributed by atoms with E-state index in [1.807, 2.05) is 71.7 Å². The van der Waals surface area contributed by atoms with Crippen molar-refractivity contribution < 1.29 is 39.4 Å². The monoisotopic (exact) mass is 1260 g/mol. The van der Waals surface area contributed by atoms with Crippen LogP contribution in [-0.4, -0.2) is 176 Å². The standard InChI is InChI=1S/C21H23F2N7O2.2C21H27N7O2/c1-2-18(16-5-21(16,22)23)29-9-14(7-26-29)20-19-3-4-24-30(19)11-17(27-20)13-6-25-28(8-13)10-15(32)12-31;2*1-4-17(5-2)27-11-16(9-24-27)20-19-6-7-22-28(19)12-18(25-20)15-8-23-26(10-15)13-21(3,30)14-29/h3-4,6-9,11,15-16,18,31-32H,2,5,10,12H2,1H3;2*6-12,17,29-30H,4-5,13-14H2,1-3H3/t15-,16+,18?;2*21-/m110/s1. The topological polar surface area (TPSA) is 319 Å². The van der Waals surface area contributed by atoms with Crippen molar-refractivity contribution >= 4 is 16.6 Å². The third-order valence-electron chi connectivity index (χ3n) is 16.6. The van der Waals surface area contributed by atoms with E-state index in [2.05, 4.69) is 73.6 Å². The number of hydrogen-bond donors (Lipinski definition) is 6. The minimum atomic E-state index is -2.62. The molecule has 1 saturated carbocycles.